The average molecular weight is 320 g/mol. The van der Waals surface area contributed by atoms with Crippen molar-refractivity contribution >= 4 is 23.3 Å². The summed E-state index contributed by atoms with van der Waals surface area (Å²) in [6, 6.07) is 0.726. The van der Waals surface area contributed by atoms with Crippen molar-refractivity contribution in [3.05, 3.63) is 40.7 Å². The summed E-state index contributed by atoms with van der Waals surface area (Å²) in [5.41, 5.74) is -0.696. The molecule has 0 unspecified atom stereocenters. The molecule has 9 heteroatoms. The third-order valence-corrected chi connectivity index (χ3v) is 2.99. The van der Waals surface area contributed by atoms with E-state index in [1.807, 2.05) is 0 Å². The molecule has 0 radical (unpaired) electrons. The van der Waals surface area contributed by atoms with Crippen molar-refractivity contribution in [2.75, 3.05) is 5.32 Å². The predicted octanol–water partition coefficient (Wildman–Crippen LogP) is 3.56. The molecule has 0 aliphatic heterocycles. The molecular weight excluding hydrogens is 311 g/mol. The number of halogens is 4. The Bertz CT molecular complexity index is 670. The Labute approximate surface area is 122 Å². The number of pyridine rings is 1. The monoisotopic (exact) mass is 319 g/mol. The van der Waals surface area contributed by atoms with Crippen molar-refractivity contribution in [3.8, 4) is 0 Å². The standard InChI is InChI=1S/C12H9ClF3N3O2/c1-2-7-9(21-5-18-7)11(20)19-10-8(13)6(3-4-17-10)12(14,15)16/h3-5H,2H2,1H3,(H,17,19,20). The zero-order valence-electron chi connectivity index (χ0n) is 10.7. The van der Waals surface area contributed by atoms with Crippen LogP contribution < -0.4 is 5.32 Å². The predicted molar refractivity (Wildman–Crippen MR) is 68.1 cm³/mol. The summed E-state index contributed by atoms with van der Waals surface area (Å²) >= 11 is 5.63. The molecule has 0 saturated heterocycles. The topological polar surface area (TPSA) is 68.0 Å². The van der Waals surface area contributed by atoms with Crippen LogP contribution in [0.5, 0.6) is 0 Å². The van der Waals surface area contributed by atoms with E-state index in [0.29, 0.717) is 12.1 Å². The molecule has 2 rings (SSSR count). The summed E-state index contributed by atoms with van der Waals surface area (Å²) < 4.78 is 43.0. The van der Waals surface area contributed by atoms with Crippen molar-refractivity contribution in [2.45, 2.75) is 19.5 Å². The van der Waals surface area contributed by atoms with Crippen LogP contribution in [-0.2, 0) is 12.6 Å². The molecule has 0 aliphatic carbocycles. The number of aryl methyl sites for hydroxylation is 1. The normalized spacial score (nSPS) is 11.5. The SMILES string of the molecule is CCc1ncoc1C(=O)Nc1nccc(C(F)(F)F)c1Cl. The minimum atomic E-state index is -4.64. The number of carbonyl (C=O) groups excluding carboxylic acids is 1. The fraction of sp³-hybridized carbons (Fsp3) is 0.250. The lowest BCUT2D eigenvalue weighted by atomic mass is 10.2. The molecule has 0 spiro atoms. The van der Waals surface area contributed by atoms with Crippen molar-refractivity contribution in [3.63, 3.8) is 0 Å². The van der Waals surface area contributed by atoms with Gasteiger partial charge in [-0.15, -0.1) is 0 Å². The molecule has 0 bridgehead atoms. The molecule has 2 heterocycles. The van der Waals surface area contributed by atoms with Crippen molar-refractivity contribution in [1.29, 1.82) is 0 Å². The van der Waals surface area contributed by atoms with Gasteiger partial charge in [0, 0.05) is 6.20 Å². The van der Waals surface area contributed by atoms with Crippen LogP contribution in [0.2, 0.25) is 5.02 Å². The Morgan fingerprint density at radius 2 is 2.14 bits per heavy atom. The molecule has 2 aromatic heterocycles. The van der Waals surface area contributed by atoms with E-state index in [4.69, 9.17) is 16.0 Å². The lowest BCUT2D eigenvalue weighted by molar-refractivity contribution is -0.137. The maximum atomic E-state index is 12.7. The zero-order valence-corrected chi connectivity index (χ0v) is 11.4. The molecule has 21 heavy (non-hydrogen) atoms. The van der Waals surface area contributed by atoms with Crippen LogP contribution in [0.3, 0.4) is 0 Å². The number of hydrogen-bond donors (Lipinski definition) is 1. The average Bonchev–Trinajstić information content (AvgIpc) is 2.88. The van der Waals surface area contributed by atoms with Gasteiger partial charge in [0.1, 0.15) is 0 Å². The molecule has 1 N–H and O–H groups in total. The zero-order chi connectivity index (χ0) is 15.6. The number of hydrogen-bond acceptors (Lipinski definition) is 4. The van der Waals surface area contributed by atoms with E-state index in [2.05, 4.69) is 15.3 Å². The summed E-state index contributed by atoms with van der Waals surface area (Å²) in [5.74, 6) is -1.25. The van der Waals surface area contributed by atoms with Crippen LogP contribution in [0, 0.1) is 0 Å². The third-order valence-electron chi connectivity index (χ3n) is 2.61. The van der Waals surface area contributed by atoms with Gasteiger partial charge < -0.3 is 9.73 Å². The fourth-order valence-corrected chi connectivity index (χ4v) is 1.89. The van der Waals surface area contributed by atoms with Gasteiger partial charge in [-0.25, -0.2) is 9.97 Å². The number of anilines is 1. The van der Waals surface area contributed by atoms with E-state index in [-0.39, 0.29) is 5.76 Å². The summed E-state index contributed by atoms with van der Waals surface area (Å²) in [7, 11) is 0. The number of rotatable bonds is 3. The van der Waals surface area contributed by atoms with E-state index < -0.39 is 28.5 Å². The molecule has 5 nitrogen and oxygen atoms in total. The van der Waals surface area contributed by atoms with Gasteiger partial charge in [0.15, 0.2) is 12.2 Å². The highest BCUT2D eigenvalue weighted by atomic mass is 35.5. The Balaban J connectivity index is 2.30. The van der Waals surface area contributed by atoms with E-state index in [1.165, 1.54) is 0 Å². The van der Waals surface area contributed by atoms with Gasteiger partial charge in [-0.05, 0) is 12.5 Å². The number of aromatic nitrogens is 2. The first-order valence-electron chi connectivity index (χ1n) is 5.80. The third kappa shape index (κ3) is 3.15. The van der Waals surface area contributed by atoms with Crippen LogP contribution in [0.1, 0.15) is 28.7 Å². The molecule has 0 saturated carbocycles. The molecule has 1 amide bonds. The van der Waals surface area contributed by atoms with Gasteiger partial charge in [-0.1, -0.05) is 18.5 Å². The second kappa shape index (κ2) is 5.72. The summed E-state index contributed by atoms with van der Waals surface area (Å²) in [6.07, 6.45) is -2.22. The summed E-state index contributed by atoms with van der Waals surface area (Å²) in [5, 5.41) is 1.50. The van der Waals surface area contributed by atoms with Crippen molar-refractivity contribution < 1.29 is 22.4 Å². The molecular formula is C12H9ClF3N3O2. The number of nitrogens with one attached hydrogen (secondary N) is 1. The molecule has 0 aliphatic rings. The Morgan fingerprint density at radius 1 is 1.43 bits per heavy atom. The maximum Gasteiger partial charge on any atom is 0.418 e. The van der Waals surface area contributed by atoms with Gasteiger partial charge >= 0.3 is 6.18 Å². The highest BCUT2D eigenvalue weighted by molar-refractivity contribution is 6.34. The maximum absolute atomic E-state index is 12.7. The van der Waals surface area contributed by atoms with E-state index in [9.17, 15) is 18.0 Å². The first-order valence-corrected chi connectivity index (χ1v) is 6.17. The first-order chi connectivity index (χ1) is 9.84. The van der Waals surface area contributed by atoms with Crippen LogP contribution in [0.15, 0.2) is 23.1 Å². The summed E-state index contributed by atoms with van der Waals surface area (Å²) in [4.78, 5) is 19.4. The second-order valence-corrected chi connectivity index (χ2v) is 4.33. The number of amides is 1. The van der Waals surface area contributed by atoms with Crippen LogP contribution in [0.25, 0.3) is 0 Å². The number of carbonyl (C=O) groups is 1. The van der Waals surface area contributed by atoms with Crippen molar-refractivity contribution in [2.24, 2.45) is 0 Å². The molecule has 0 atom stereocenters. The van der Waals surface area contributed by atoms with Gasteiger partial charge in [0.2, 0.25) is 5.76 Å². The largest absolute Gasteiger partial charge is 0.438 e. The minimum Gasteiger partial charge on any atom is -0.438 e. The molecule has 0 fully saturated rings. The van der Waals surface area contributed by atoms with Crippen LogP contribution in [-0.4, -0.2) is 15.9 Å². The Kier molecular flexibility index (Phi) is 4.17. The first kappa shape index (κ1) is 15.3. The number of nitrogens with zero attached hydrogens (tertiary/aromatic N) is 2. The Morgan fingerprint density at radius 3 is 2.76 bits per heavy atom. The van der Waals surface area contributed by atoms with Crippen molar-refractivity contribution in [1.82, 2.24) is 9.97 Å². The van der Waals surface area contributed by atoms with Gasteiger partial charge in [0.05, 0.1) is 16.3 Å². The second-order valence-electron chi connectivity index (χ2n) is 3.95. The molecule has 112 valence electrons. The highest BCUT2D eigenvalue weighted by Gasteiger charge is 2.34. The van der Waals surface area contributed by atoms with Gasteiger partial charge in [-0.2, -0.15) is 13.2 Å². The molecule has 2 aromatic rings. The van der Waals surface area contributed by atoms with E-state index >= 15 is 0 Å². The van der Waals surface area contributed by atoms with Crippen LogP contribution >= 0.6 is 11.6 Å². The van der Waals surface area contributed by atoms with E-state index in [1.54, 1.807) is 6.92 Å². The number of oxazole rings is 1. The fourth-order valence-electron chi connectivity index (χ4n) is 1.62. The van der Waals surface area contributed by atoms with Gasteiger partial charge in [0.25, 0.3) is 5.91 Å². The minimum absolute atomic E-state index is 0.0900. The number of alkyl halides is 3. The summed E-state index contributed by atoms with van der Waals surface area (Å²) in [6.45, 7) is 1.75. The quantitative estimate of drug-likeness (QED) is 0.939. The van der Waals surface area contributed by atoms with Gasteiger partial charge in [-0.3, -0.25) is 4.79 Å². The molecule has 0 aromatic carbocycles. The Hall–Kier alpha value is -2.09. The lowest BCUT2D eigenvalue weighted by Crippen LogP contribution is -2.16. The highest BCUT2D eigenvalue weighted by Crippen LogP contribution is 2.37. The van der Waals surface area contributed by atoms with E-state index in [0.717, 1.165) is 18.7 Å². The lowest BCUT2D eigenvalue weighted by Gasteiger charge is -2.11. The van der Waals surface area contributed by atoms with Crippen LogP contribution in [0.4, 0.5) is 19.0 Å². The smallest absolute Gasteiger partial charge is 0.418 e.